The molecule has 0 atom stereocenters. The normalized spacial score (nSPS) is 9.68. The molecule has 0 unspecified atom stereocenters. The van der Waals surface area contributed by atoms with Crippen LogP contribution in [0.1, 0.15) is 18.9 Å². The number of nitriles is 1. The Morgan fingerprint density at radius 3 is 2.74 bits per heavy atom. The van der Waals surface area contributed by atoms with E-state index in [1.807, 2.05) is 30.3 Å². The maximum Gasteiger partial charge on any atom is 0.229 e. The average molecular weight is 253 g/mol. The van der Waals surface area contributed by atoms with Gasteiger partial charge in [-0.15, -0.1) is 0 Å². The summed E-state index contributed by atoms with van der Waals surface area (Å²) in [6.07, 6.45) is 2.49. The Hall–Kier alpha value is -2.61. The lowest BCUT2D eigenvalue weighted by molar-refractivity contribution is 0.964. The molecule has 5 nitrogen and oxygen atoms in total. The third-order valence-electron chi connectivity index (χ3n) is 2.48. The minimum absolute atomic E-state index is 0.451. The van der Waals surface area contributed by atoms with E-state index in [2.05, 4.69) is 33.6 Å². The highest BCUT2D eigenvalue weighted by Crippen LogP contribution is 2.16. The molecule has 1 aromatic carbocycles. The highest BCUT2D eigenvalue weighted by molar-refractivity contribution is 5.58. The van der Waals surface area contributed by atoms with Crippen molar-refractivity contribution in [3.8, 4) is 6.07 Å². The Morgan fingerprint density at radius 2 is 2.05 bits per heavy atom. The van der Waals surface area contributed by atoms with Crippen molar-refractivity contribution in [2.24, 2.45) is 0 Å². The second-order valence-electron chi connectivity index (χ2n) is 3.99. The molecular weight excluding hydrogens is 238 g/mol. The smallest absolute Gasteiger partial charge is 0.229 e. The quantitative estimate of drug-likeness (QED) is 0.857. The van der Waals surface area contributed by atoms with Gasteiger partial charge in [0, 0.05) is 12.2 Å². The Bertz CT molecular complexity index is 574. The number of hydrogen-bond donors (Lipinski definition) is 2. The molecule has 2 N–H and O–H groups in total. The second-order valence-corrected chi connectivity index (χ2v) is 3.99. The zero-order valence-electron chi connectivity index (χ0n) is 10.7. The molecule has 2 rings (SSSR count). The molecule has 0 aliphatic heterocycles. The van der Waals surface area contributed by atoms with E-state index in [-0.39, 0.29) is 0 Å². The van der Waals surface area contributed by atoms with Crippen molar-refractivity contribution in [3.05, 3.63) is 42.1 Å². The average Bonchev–Trinajstić information content (AvgIpc) is 2.46. The summed E-state index contributed by atoms with van der Waals surface area (Å²) in [5.74, 6) is 1.04. The van der Waals surface area contributed by atoms with Crippen LogP contribution in [0.5, 0.6) is 0 Å². The highest BCUT2D eigenvalue weighted by Gasteiger charge is 2.06. The fourth-order valence-corrected chi connectivity index (χ4v) is 1.55. The first kappa shape index (κ1) is 12.8. The van der Waals surface area contributed by atoms with Gasteiger partial charge >= 0.3 is 0 Å². The van der Waals surface area contributed by atoms with E-state index in [1.54, 1.807) is 0 Å². The van der Waals surface area contributed by atoms with Crippen LogP contribution >= 0.6 is 0 Å². The maximum absolute atomic E-state index is 9.01. The highest BCUT2D eigenvalue weighted by atomic mass is 15.1. The number of benzene rings is 1. The molecule has 0 fully saturated rings. The minimum Gasteiger partial charge on any atom is -0.369 e. The molecule has 0 bridgehead atoms. The van der Waals surface area contributed by atoms with Crippen LogP contribution in [-0.4, -0.2) is 16.5 Å². The van der Waals surface area contributed by atoms with E-state index in [0.29, 0.717) is 17.3 Å². The number of nitrogens with one attached hydrogen (secondary N) is 2. The van der Waals surface area contributed by atoms with Crippen molar-refractivity contribution in [2.75, 3.05) is 17.2 Å². The van der Waals surface area contributed by atoms with Gasteiger partial charge in [-0.05, 0) is 18.6 Å². The van der Waals surface area contributed by atoms with E-state index >= 15 is 0 Å². The van der Waals surface area contributed by atoms with Crippen molar-refractivity contribution in [2.45, 2.75) is 13.3 Å². The molecule has 0 aliphatic carbocycles. The predicted octanol–water partition coefficient (Wildman–Crippen LogP) is 2.91. The summed E-state index contributed by atoms with van der Waals surface area (Å²) >= 11 is 0. The molecule has 0 saturated carbocycles. The van der Waals surface area contributed by atoms with Crippen LogP contribution in [0, 0.1) is 11.3 Å². The summed E-state index contributed by atoms with van der Waals surface area (Å²) in [6, 6.07) is 11.8. The van der Waals surface area contributed by atoms with Gasteiger partial charge in [0.1, 0.15) is 17.5 Å². The zero-order chi connectivity index (χ0) is 13.5. The topological polar surface area (TPSA) is 73.6 Å². The number of rotatable bonds is 5. The molecule has 5 heteroatoms. The lowest BCUT2D eigenvalue weighted by atomic mass is 10.3. The van der Waals surface area contributed by atoms with Gasteiger partial charge in [0.15, 0.2) is 0 Å². The molecule has 1 aromatic heterocycles. The van der Waals surface area contributed by atoms with Gasteiger partial charge in [0.05, 0.1) is 6.20 Å². The first-order valence-corrected chi connectivity index (χ1v) is 6.16. The molecule has 19 heavy (non-hydrogen) atoms. The first-order chi connectivity index (χ1) is 9.33. The summed E-state index contributed by atoms with van der Waals surface area (Å²) in [5, 5.41) is 15.2. The summed E-state index contributed by atoms with van der Waals surface area (Å²) in [7, 11) is 0. The van der Waals surface area contributed by atoms with E-state index in [0.717, 1.165) is 18.7 Å². The van der Waals surface area contributed by atoms with Crippen molar-refractivity contribution >= 4 is 17.5 Å². The largest absolute Gasteiger partial charge is 0.369 e. The number of nitrogens with zero attached hydrogens (tertiary/aromatic N) is 3. The van der Waals surface area contributed by atoms with Crippen molar-refractivity contribution in [1.29, 1.82) is 5.26 Å². The molecule has 0 amide bonds. The lowest BCUT2D eigenvalue weighted by Gasteiger charge is -2.09. The van der Waals surface area contributed by atoms with E-state index in [9.17, 15) is 0 Å². The second kappa shape index (κ2) is 6.36. The third kappa shape index (κ3) is 3.42. The molecule has 96 valence electrons. The van der Waals surface area contributed by atoms with Gasteiger partial charge in [-0.2, -0.15) is 10.2 Å². The Kier molecular flexibility index (Phi) is 4.29. The molecular formula is C14H15N5. The van der Waals surface area contributed by atoms with Crippen LogP contribution in [0.15, 0.2) is 36.5 Å². The number of para-hydroxylation sites is 1. The maximum atomic E-state index is 9.01. The summed E-state index contributed by atoms with van der Waals surface area (Å²) < 4.78 is 0. The fourth-order valence-electron chi connectivity index (χ4n) is 1.55. The van der Waals surface area contributed by atoms with Crippen LogP contribution in [0.4, 0.5) is 17.5 Å². The van der Waals surface area contributed by atoms with Crippen LogP contribution in [-0.2, 0) is 0 Å². The van der Waals surface area contributed by atoms with Gasteiger partial charge in [-0.3, -0.25) is 0 Å². The molecule has 0 radical (unpaired) electrons. The van der Waals surface area contributed by atoms with Crippen LogP contribution in [0.2, 0.25) is 0 Å². The Labute approximate surface area is 112 Å². The third-order valence-corrected chi connectivity index (χ3v) is 2.48. The van der Waals surface area contributed by atoms with Gasteiger partial charge in [-0.1, -0.05) is 25.1 Å². The number of hydrogen-bond acceptors (Lipinski definition) is 5. The molecule has 0 aliphatic rings. The summed E-state index contributed by atoms with van der Waals surface area (Å²) in [5.41, 5.74) is 1.36. The fraction of sp³-hybridized carbons (Fsp3) is 0.214. The molecule has 2 aromatic rings. The van der Waals surface area contributed by atoms with Crippen molar-refractivity contribution < 1.29 is 0 Å². The van der Waals surface area contributed by atoms with Crippen LogP contribution in [0.25, 0.3) is 0 Å². The predicted molar refractivity (Wildman–Crippen MR) is 75.3 cm³/mol. The summed E-state index contributed by atoms with van der Waals surface area (Å²) in [4.78, 5) is 8.45. The van der Waals surface area contributed by atoms with Gasteiger partial charge < -0.3 is 10.6 Å². The molecule has 0 saturated heterocycles. The van der Waals surface area contributed by atoms with E-state index in [4.69, 9.17) is 5.26 Å². The molecule has 1 heterocycles. The standard InChI is InChI=1S/C14H15N5/c1-2-8-16-13-11(9-15)10-17-14(19-13)18-12-6-4-3-5-7-12/h3-7,10H,2,8H2,1H3,(H2,16,17,18,19). The van der Waals surface area contributed by atoms with Gasteiger partial charge in [0.2, 0.25) is 5.95 Å². The van der Waals surface area contributed by atoms with Gasteiger partial charge in [0.25, 0.3) is 0 Å². The minimum atomic E-state index is 0.451. The molecule has 0 spiro atoms. The van der Waals surface area contributed by atoms with Gasteiger partial charge in [-0.25, -0.2) is 4.98 Å². The van der Waals surface area contributed by atoms with Crippen molar-refractivity contribution in [1.82, 2.24) is 9.97 Å². The first-order valence-electron chi connectivity index (χ1n) is 6.16. The lowest BCUT2D eigenvalue weighted by Crippen LogP contribution is -2.07. The van der Waals surface area contributed by atoms with E-state index in [1.165, 1.54) is 6.20 Å². The summed E-state index contributed by atoms with van der Waals surface area (Å²) in [6.45, 7) is 2.83. The SMILES string of the molecule is CCCNc1nc(Nc2ccccc2)ncc1C#N. The van der Waals surface area contributed by atoms with Crippen LogP contribution < -0.4 is 10.6 Å². The number of anilines is 3. The Balaban J connectivity index is 2.20. The number of aromatic nitrogens is 2. The van der Waals surface area contributed by atoms with Crippen molar-refractivity contribution in [3.63, 3.8) is 0 Å². The zero-order valence-corrected chi connectivity index (χ0v) is 10.7. The van der Waals surface area contributed by atoms with E-state index < -0.39 is 0 Å². The monoisotopic (exact) mass is 253 g/mol. The Morgan fingerprint density at radius 1 is 1.26 bits per heavy atom. The van der Waals surface area contributed by atoms with Crippen LogP contribution in [0.3, 0.4) is 0 Å².